The lowest BCUT2D eigenvalue weighted by molar-refractivity contribution is 0.100. The van der Waals surface area contributed by atoms with Crippen LogP contribution in [0.15, 0.2) is 83.9 Å². The second-order valence-electron chi connectivity index (χ2n) is 9.28. The van der Waals surface area contributed by atoms with Crippen LogP contribution in [0.3, 0.4) is 0 Å². The molecule has 41 heavy (non-hydrogen) atoms. The predicted octanol–water partition coefficient (Wildman–Crippen LogP) is 3.41. The van der Waals surface area contributed by atoms with Crippen molar-refractivity contribution in [2.75, 3.05) is 5.73 Å². The van der Waals surface area contributed by atoms with Gasteiger partial charge in [0, 0.05) is 30.2 Å². The summed E-state index contributed by atoms with van der Waals surface area (Å²) >= 11 is 0. The molecule has 0 spiro atoms. The number of aromatic nitrogens is 6. The minimum Gasteiger partial charge on any atom is -0.381 e. The molecule has 4 heterocycles. The van der Waals surface area contributed by atoms with Crippen LogP contribution in [0.25, 0.3) is 22.0 Å². The van der Waals surface area contributed by atoms with Gasteiger partial charge in [0.15, 0.2) is 5.82 Å². The van der Waals surface area contributed by atoms with Gasteiger partial charge >= 0.3 is 0 Å². The quantitative estimate of drug-likeness (QED) is 0.328. The molecule has 10 heteroatoms. The van der Waals surface area contributed by atoms with E-state index >= 15 is 0 Å². The molecule has 0 saturated carbocycles. The number of rotatable bonds is 3. The van der Waals surface area contributed by atoms with Crippen molar-refractivity contribution in [2.45, 2.75) is 20.3 Å². The van der Waals surface area contributed by atoms with Crippen LogP contribution in [-0.2, 0) is 13.5 Å². The lowest BCUT2D eigenvalue weighted by Crippen LogP contribution is -2.22. The molecule has 2 aromatic carbocycles. The Bertz CT molecular complexity index is 2020. The van der Waals surface area contributed by atoms with Crippen LogP contribution in [0.2, 0.25) is 0 Å². The number of carbonyl (C=O) groups is 1. The summed E-state index contributed by atoms with van der Waals surface area (Å²) in [6.07, 6.45) is 4.07. The molecule has 0 aliphatic carbocycles. The molecule has 204 valence electrons. The Morgan fingerprint density at radius 2 is 1.73 bits per heavy atom. The summed E-state index contributed by atoms with van der Waals surface area (Å²) in [5, 5.41) is 13.5. The van der Waals surface area contributed by atoms with E-state index in [1.54, 1.807) is 33.8 Å². The maximum absolute atomic E-state index is 13.5. The zero-order valence-corrected chi connectivity index (χ0v) is 22.9. The zero-order valence-electron chi connectivity index (χ0n) is 22.9. The van der Waals surface area contributed by atoms with Gasteiger partial charge in [0.1, 0.15) is 11.1 Å². The molecule has 0 atom stereocenters. The summed E-state index contributed by atoms with van der Waals surface area (Å²) in [6, 6.07) is 21.0. The summed E-state index contributed by atoms with van der Waals surface area (Å²) in [5.41, 5.74) is 15.8. The fraction of sp³-hybridized carbons (Fsp3) is 0.129. The van der Waals surface area contributed by atoms with E-state index in [1.807, 2.05) is 62.5 Å². The van der Waals surface area contributed by atoms with Crippen LogP contribution in [0.1, 0.15) is 39.8 Å². The summed E-state index contributed by atoms with van der Waals surface area (Å²) in [4.78, 5) is 24.4. The molecule has 0 aliphatic heterocycles. The highest BCUT2D eigenvalue weighted by molar-refractivity contribution is 6.04. The van der Waals surface area contributed by atoms with Crippen LogP contribution < -0.4 is 17.0 Å². The van der Waals surface area contributed by atoms with Crippen molar-refractivity contribution in [3.05, 3.63) is 118 Å². The van der Waals surface area contributed by atoms with Crippen molar-refractivity contribution >= 4 is 28.0 Å². The number of anilines is 1. The number of nitrogens with zero attached hydrogens (tertiary/aromatic N) is 6. The molecule has 0 unspecified atom stereocenters. The number of primary amides is 1. The zero-order chi connectivity index (χ0) is 29.1. The SMILES string of the molecule is CCc1cc2cccc(C#Cc3cnn(C)c3C)c2c(=O)n1-c1ccccc1.NC(=O)c1c(N)nn2ncccc12. The first-order chi connectivity index (χ1) is 19.8. The van der Waals surface area contributed by atoms with Gasteiger partial charge in [-0.3, -0.25) is 18.8 Å². The summed E-state index contributed by atoms with van der Waals surface area (Å²) in [6.45, 7) is 4.05. The summed E-state index contributed by atoms with van der Waals surface area (Å²) in [5.74, 6) is 5.88. The molecule has 0 saturated heterocycles. The fourth-order valence-corrected chi connectivity index (χ4v) is 4.56. The third-order valence-corrected chi connectivity index (χ3v) is 6.76. The highest BCUT2D eigenvalue weighted by Gasteiger charge is 2.15. The van der Waals surface area contributed by atoms with E-state index in [0.717, 1.165) is 40.0 Å². The number of para-hydroxylation sites is 1. The summed E-state index contributed by atoms with van der Waals surface area (Å²) in [7, 11) is 1.89. The third kappa shape index (κ3) is 5.16. The first kappa shape index (κ1) is 26.9. The highest BCUT2D eigenvalue weighted by Crippen LogP contribution is 2.20. The van der Waals surface area contributed by atoms with Gasteiger partial charge in [-0.05, 0) is 55.1 Å². The Hall–Kier alpha value is -5.69. The Morgan fingerprint density at radius 1 is 0.976 bits per heavy atom. The van der Waals surface area contributed by atoms with Gasteiger partial charge < -0.3 is 11.5 Å². The third-order valence-electron chi connectivity index (χ3n) is 6.76. The number of hydrogen-bond acceptors (Lipinski definition) is 6. The molecule has 6 rings (SSSR count). The van der Waals surface area contributed by atoms with Gasteiger partial charge in [0.25, 0.3) is 11.5 Å². The Labute approximate surface area is 235 Å². The maximum Gasteiger partial charge on any atom is 0.264 e. The van der Waals surface area contributed by atoms with Crippen molar-refractivity contribution < 1.29 is 4.79 Å². The van der Waals surface area contributed by atoms with Crippen molar-refractivity contribution in [1.82, 2.24) is 29.2 Å². The van der Waals surface area contributed by atoms with E-state index in [-0.39, 0.29) is 16.9 Å². The minimum atomic E-state index is -0.597. The lowest BCUT2D eigenvalue weighted by Gasteiger charge is -2.14. The molecule has 0 bridgehead atoms. The van der Waals surface area contributed by atoms with Gasteiger partial charge in [-0.2, -0.15) is 10.2 Å². The number of fused-ring (bicyclic) bond motifs is 2. The van der Waals surface area contributed by atoms with Crippen molar-refractivity contribution in [2.24, 2.45) is 12.8 Å². The van der Waals surface area contributed by atoms with Gasteiger partial charge in [0.05, 0.1) is 22.8 Å². The van der Waals surface area contributed by atoms with E-state index in [2.05, 4.69) is 40.1 Å². The number of hydrogen-bond donors (Lipinski definition) is 2. The minimum absolute atomic E-state index is 0.0339. The van der Waals surface area contributed by atoms with Crippen LogP contribution >= 0.6 is 0 Å². The van der Waals surface area contributed by atoms with Gasteiger partial charge in [-0.1, -0.05) is 49.1 Å². The molecule has 4 aromatic heterocycles. The number of nitrogens with two attached hydrogens (primary N) is 2. The second kappa shape index (κ2) is 11.2. The van der Waals surface area contributed by atoms with E-state index in [1.165, 1.54) is 4.63 Å². The van der Waals surface area contributed by atoms with Gasteiger partial charge in [-0.25, -0.2) is 0 Å². The fourth-order valence-electron chi connectivity index (χ4n) is 4.56. The molecule has 10 nitrogen and oxygen atoms in total. The van der Waals surface area contributed by atoms with E-state index in [9.17, 15) is 9.59 Å². The second-order valence-corrected chi connectivity index (χ2v) is 9.28. The first-order valence-corrected chi connectivity index (χ1v) is 12.9. The monoisotopic (exact) mass is 544 g/mol. The van der Waals surface area contributed by atoms with Crippen molar-refractivity contribution in [3.63, 3.8) is 0 Å². The van der Waals surface area contributed by atoms with Crippen LogP contribution in [-0.4, -0.2) is 35.1 Å². The highest BCUT2D eigenvalue weighted by atomic mass is 16.1. The van der Waals surface area contributed by atoms with Crippen LogP contribution in [0.5, 0.6) is 0 Å². The topological polar surface area (TPSA) is 139 Å². The van der Waals surface area contributed by atoms with Gasteiger partial charge in [0.2, 0.25) is 0 Å². The first-order valence-electron chi connectivity index (χ1n) is 12.9. The molecular weight excluding hydrogens is 516 g/mol. The molecule has 1 amide bonds. The number of pyridine rings is 1. The molecule has 0 fully saturated rings. The van der Waals surface area contributed by atoms with Crippen molar-refractivity contribution in [1.29, 1.82) is 0 Å². The smallest absolute Gasteiger partial charge is 0.264 e. The van der Waals surface area contributed by atoms with Crippen LogP contribution in [0, 0.1) is 18.8 Å². The number of aryl methyl sites for hydroxylation is 2. The standard InChI is InChI=1S/C24H21N3O.C7H7N5O/c1-4-21-15-19-10-8-9-18(13-14-20-16-25-26(3)17(20)2)23(19)24(28)27(21)22-11-6-5-7-12-22;8-6-5(7(9)13)4-2-1-3-10-12(4)11-6/h5-12,15-16H,4H2,1-3H3;1-3H,(H2,8,11)(H2,9,13). The Morgan fingerprint density at radius 3 is 2.41 bits per heavy atom. The molecular formula is C31H28N8O2. The normalized spacial score (nSPS) is 10.6. The van der Waals surface area contributed by atoms with E-state index in [0.29, 0.717) is 10.9 Å². The Balaban J connectivity index is 0.000000216. The number of nitrogen functional groups attached to an aromatic ring is 1. The van der Waals surface area contributed by atoms with Gasteiger partial charge in [-0.15, -0.1) is 9.73 Å². The average molecular weight is 545 g/mol. The predicted molar refractivity (Wildman–Crippen MR) is 159 cm³/mol. The molecule has 0 radical (unpaired) electrons. The van der Waals surface area contributed by atoms with Crippen molar-refractivity contribution in [3.8, 4) is 17.5 Å². The number of benzene rings is 2. The molecule has 6 aromatic rings. The average Bonchev–Trinajstić information content (AvgIpc) is 3.49. The summed E-state index contributed by atoms with van der Waals surface area (Å²) < 4.78 is 4.86. The Kier molecular flexibility index (Phi) is 7.35. The molecule has 4 N–H and O–H groups in total. The van der Waals surface area contributed by atoms with E-state index in [4.69, 9.17) is 11.5 Å². The van der Waals surface area contributed by atoms with Crippen LogP contribution in [0.4, 0.5) is 5.82 Å². The van der Waals surface area contributed by atoms with E-state index < -0.39 is 5.91 Å². The largest absolute Gasteiger partial charge is 0.381 e. The lowest BCUT2D eigenvalue weighted by atomic mass is 10.0. The number of amides is 1. The molecule has 0 aliphatic rings. The number of carbonyl (C=O) groups excluding carboxylic acids is 1. The maximum atomic E-state index is 13.5.